The van der Waals surface area contributed by atoms with Crippen LogP contribution in [0.2, 0.25) is 0 Å². The van der Waals surface area contributed by atoms with Gasteiger partial charge in [0.15, 0.2) is 0 Å². The van der Waals surface area contributed by atoms with Crippen molar-refractivity contribution in [3.05, 3.63) is 60.2 Å². The van der Waals surface area contributed by atoms with E-state index in [0.29, 0.717) is 11.4 Å². The zero-order valence-corrected chi connectivity index (χ0v) is 16.0. The van der Waals surface area contributed by atoms with Crippen LogP contribution >= 0.6 is 0 Å². The number of rotatable bonds is 3. The number of carbonyl (C=O) groups is 2. The Kier molecular flexibility index (Phi) is 3.82. The third kappa shape index (κ3) is 2.16. The fourth-order valence-corrected chi connectivity index (χ4v) is 5.13. The van der Waals surface area contributed by atoms with Crippen molar-refractivity contribution in [2.24, 2.45) is 5.92 Å². The predicted molar refractivity (Wildman–Crippen MR) is 105 cm³/mol. The topological polar surface area (TPSA) is 53.1 Å². The van der Waals surface area contributed by atoms with Crippen LogP contribution in [0.1, 0.15) is 24.9 Å². The van der Waals surface area contributed by atoms with E-state index in [1.54, 1.807) is 31.4 Å². The van der Waals surface area contributed by atoms with E-state index in [4.69, 9.17) is 4.74 Å². The largest absolute Gasteiger partial charge is 0.497 e. The summed E-state index contributed by atoms with van der Waals surface area (Å²) in [6.07, 6.45) is 0.996. The molecule has 0 spiro atoms. The molecular formula is C22H23N3O3. The summed E-state index contributed by atoms with van der Waals surface area (Å²) in [5.41, 5.74) is 0.832. The highest BCUT2D eigenvalue weighted by molar-refractivity contribution is 6.26. The zero-order chi connectivity index (χ0) is 19.5. The molecule has 3 aliphatic rings. The molecular weight excluding hydrogens is 354 g/mol. The van der Waals surface area contributed by atoms with Crippen LogP contribution < -0.4 is 9.64 Å². The molecule has 5 rings (SSSR count). The number of carbonyl (C=O) groups excluding carboxylic acids is 2. The van der Waals surface area contributed by atoms with E-state index in [0.717, 1.165) is 25.1 Å². The second-order valence-electron chi connectivity index (χ2n) is 7.80. The van der Waals surface area contributed by atoms with Crippen LogP contribution in [0.5, 0.6) is 5.75 Å². The van der Waals surface area contributed by atoms with E-state index in [-0.39, 0.29) is 17.9 Å². The van der Waals surface area contributed by atoms with Gasteiger partial charge in [0.1, 0.15) is 11.3 Å². The van der Waals surface area contributed by atoms with Gasteiger partial charge in [-0.2, -0.15) is 0 Å². The van der Waals surface area contributed by atoms with Crippen molar-refractivity contribution >= 4 is 17.5 Å². The summed E-state index contributed by atoms with van der Waals surface area (Å²) < 4.78 is 5.21. The first-order valence-electron chi connectivity index (χ1n) is 9.69. The lowest BCUT2D eigenvalue weighted by Gasteiger charge is -2.33. The second kappa shape index (κ2) is 6.15. The van der Waals surface area contributed by atoms with Crippen molar-refractivity contribution in [3.8, 4) is 5.75 Å². The monoisotopic (exact) mass is 377 g/mol. The Morgan fingerprint density at radius 2 is 1.71 bits per heavy atom. The Bertz CT molecular complexity index is 930. The van der Waals surface area contributed by atoms with Crippen LogP contribution in [-0.4, -0.2) is 47.6 Å². The molecule has 3 unspecified atom stereocenters. The summed E-state index contributed by atoms with van der Waals surface area (Å²) in [6.45, 7) is 3.60. The maximum atomic E-state index is 13.6. The lowest BCUT2D eigenvalue weighted by atomic mass is 9.81. The Morgan fingerprint density at radius 3 is 2.39 bits per heavy atom. The molecule has 3 aliphatic heterocycles. The third-order valence-electron chi connectivity index (χ3n) is 6.44. The lowest BCUT2D eigenvalue weighted by molar-refractivity contribution is -0.131. The van der Waals surface area contributed by atoms with Gasteiger partial charge in [0.05, 0.1) is 24.8 Å². The van der Waals surface area contributed by atoms with Crippen LogP contribution in [-0.2, 0) is 9.59 Å². The summed E-state index contributed by atoms with van der Waals surface area (Å²) in [6, 6.07) is 17.1. The van der Waals surface area contributed by atoms with Gasteiger partial charge >= 0.3 is 0 Å². The third-order valence-corrected chi connectivity index (χ3v) is 6.44. The van der Waals surface area contributed by atoms with Gasteiger partial charge in [-0.3, -0.25) is 9.59 Å². The summed E-state index contributed by atoms with van der Waals surface area (Å²) >= 11 is 0. The van der Waals surface area contributed by atoms with E-state index in [1.807, 2.05) is 25.1 Å². The van der Waals surface area contributed by atoms with Crippen molar-refractivity contribution in [2.75, 3.05) is 25.1 Å². The van der Waals surface area contributed by atoms with E-state index in [1.165, 1.54) is 4.90 Å². The van der Waals surface area contributed by atoms with Gasteiger partial charge in [0.2, 0.25) is 5.91 Å². The maximum absolute atomic E-state index is 13.6. The molecule has 2 aromatic rings. The molecule has 0 aromatic heterocycles. The summed E-state index contributed by atoms with van der Waals surface area (Å²) in [5.74, 6) is 0.00542. The number of hydrazine groups is 1. The van der Waals surface area contributed by atoms with E-state index in [2.05, 4.69) is 22.2 Å². The first-order chi connectivity index (χ1) is 13.6. The second-order valence-corrected chi connectivity index (χ2v) is 7.80. The molecule has 2 aromatic carbocycles. The molecule has 28 heavy (non-hydrogen) atoms. The minimum absolute atomic E-state index is 0.117. The highest BCUT2D eigenvalue weighted by atomic mass is 16.5. The smallest absolute Gasteiger partial charge is 0.256 e. The fraction of sp³-hybridized carbons (Fsp3) is 0.364. The van der Waals surface area contributed by atoms with E-state index in [9.17, 15) is 9.59 Å². The highest BCUT2D eigenvalue weighted by Gasteiger charge is 2.70. The minimum atomic E-state index is -0.853. The molecule has 3 heterocycles. The lowest BCUT2D eigenvalue weighted by Crippen LogP contribution is -2.52. The first-order valence-corrected chi connectivity index (χ1v) is 9.69. The van der Waals surface area contributed by atoms with Gasteiger partial charge in [0, 0.05) is 13.1 Å². The number of ether oxygens (including phenoxy) is 1. The van der Waals surface area contributed by atoms with Gasteiger partial charge in [-0.15, -0.1) is 0 Å². The Hall–Kier alpha value is -2.70. The maximum Gasteiger partial charge on any atom is 0.256 e. The van der Waals surface area contributed by atoms with E-state index >= 15 is 0 Å². The number of imide groups is 1. The molecule has 2 amide bonds. The van der Waals surface area contributed by atoms with Gasteiger partial charge in [-0.25, -0.2) is 14.9 Å². The number of benzene rings is 2. The Balaban J connectivity index is 1.61. The van der Waals surface area contributed by atoms with Gasteiger partial charge in [-0.1, -0.05) is 30.3 Å². The van der Waals surface area contributed by atoms with Gasteiger partial charge in [-0.05, 0) is 43.2 Å². The first kappa shape index (κ1) is 17.4. The average Bonchev–Trinajstić information content (AvgIpc) is 3.35. The van der Waals surface area contributed by atoms with Crippen molar-refractivity contribution in [2.45, 2.75) is 24.9 Å². The summed E-state index contributed by atoms with van der Waals surface area (Å²) in [7, 11) is 1.60. The molecule has 0 saturated carbocycles. The number of methoxy groups -OCH3 is 1. The average molecular weight is 377 g/mol. The quantitative estimate of drug-likeness (QED) is 0.770. The number of nitrogens with zero attached hydrogens (tertiary/aromatic N) is 3. The summed E-state index contributed by atoms with van der Waals surface area (Å²) in [4.78, 5) is 28.6. The molecule has 3 atom stereocenters. The normalized spacial score (nSPS) is 30.0. The zero-order valence-electron chi connectivity index (χ0n) is 16.0. The number of hydrogen-bond donors (Lipinski definition) is 0. The number of hydrogen-bond acceptors (Lipinski definition) is 5. The molecule has 0 aliphatic carbocycles. The molecule has 3 saturated heterocycles. The van der Waals surface area contributed by atoms with Crippen molar-refractivity contribution in [1.82, 2.24) is 10.0 Å². The SMILES string of the molecule is COc1ccc(N2C(=O)C3C(c4ccccc4)N4CCCN4C3(C)C2=O)cc1. The molecule has 0 N–H and O–H groups in total. The predicted octanol–water partition coefficient (Wildman–Crippen LogP) is 2.62. The number of amides is 2. The van der Waals surface area contributed by atoms with Crippen molar-refractivity contribution in [3.63, 3.8) is 0 Å². The van der Waals surface area contributed by atoms with Crippen LogP contribution in [0, 0.1) is 5.92 Å². The van der Waals surface area contributed by atoms with E-state index < -0.39 is 11.5 Å². The van der Waals surface area contributed by atoms with Gasteiger partial charge in [0.25, 0.3) is 5.91 Å². The minimum Gasteiger partial charge on any atom is -0.497 e. The fourth-order valence-electron chi connectivity index (χ4n) is 5.13. The molecule has 3 fully saturated rings. The van der Waals surface area contributed by atoms with Crippen molar-refractivity contribution < 1.29 is 14.3 Å². The summed E-state index contributed by atoms with van der Waals surface area (Å²) in [5, 5.41) is 4.38. The van der Waals surface area contributed by atoms with Crippen LogP contribution in [0.3, 0.4) is 0 Å². The molecule has 0 bridgehead atoms. The molecule has 0 radical (unpaired) electrons. The standard InChI is InChI=1S/C22H23N3O3/c1-22-18(19(15-7-4-3-5-8-15)23-13-6-14-24(22)23)20(26)25(21(22)27)16-9-11-17(28-2)12-10-16/h3-5,7-12,18-19H,6,13-14H2,1-2H3. The highest BCUT2D eigenvalue weighted by Crippen LogP contribution is 2.54. The number of fused-ring (bicyclic) bond motifs is 3. The van der Waals surface area contributed by atoms with Crippen LogP contribution in [0.25, 0.3) is 0 Å². The Morgan fingerprint density at radius 1 is 1.00 bits per heavy atom. The van der Waals surface area contributed by atoms with Gasteiger partial charge < -0.3 is 4.74 Å². The number of anilines is 1. The van der Waals surface area contributed by atoms with Crippen molar-refractivity contribution in [1.29, 1.82) is 0 Å². The Labute approximate surface area is 164 Å². The molecule has 6 nitrogen and oxygen atoms in total. The van der Waals surface area contributed by atoms with Crippen LogP contribution in [0.4, 0.5) is 5.69 Å². The molecule has 6 heteroatoms. The molecule has 144 valence electrons. The van der Waals surface area contributed by atoms with Crippen LogP contribution in [0.15, 0.2) is 54.6 Å².